The molecule has 24 heavy (non-hydrogen) atoms. The third kappa shape index (κ3) is 3.66. The molecular formula is C18H24N4O2. The number of aromatic nitrogens is 1. The quantitative estimate of drug-likeness (QED) is 0.931. The van der Waals surface area contributed by atoms with Crippen LogP contribution in [0, 0.1) is 0 Å². The number of benzene rings is 1. The second-order valence-corrected chi connectivity index (χ2v) is 5.97. The van der Waals surface area contributed by atoms with Crippen LogP contribution >= 0.6 is 0 Å². The van der Waals surface area contributed by atoms with E-state index in [1.54, 1.807) is 13.2 Å². The van der Waals surface area contributed by atoms with E-state index >= 15 is 0 Å². The largest absolute Gasteiger partial charge is 0.412 e. The summed E-state index contributed by atoms with van der Waals surface area (Å²) in [5.41, 5.74) is 1.94. The zero-order chi connectivity index (χ0) is 16.9. The first kappa shape index (κ1) is 16.7. The van der Waals surface area contributed by atoms with Crippen molar-refractivity contribution in [2.45, 2.75) is 13.5 Å². The van der Waals surface area contributed by atoms with Crippen LogP contribution in [0.25, 0.3) is 10.9 Å². The molecular weight excluding hydrogens is 304 g/mol. The van der Waals surface area contributed by atoms with Crippen LogP contribution in [0.2, 0.25) is 0 Å². The van der Waals surface area contributed by atoms with Crippen molar-refractivity contribution in [3.05, 3.63) is 36.0 Å². The first-order valence-corrected chi connectivity index (χ1v) is 8.42. The van der Waals surface area contributed by atoms with E-state index in [1.165, 1.54) is 5.56 Å². The van der Waals surface area contributed by atoms with Gasteiger partial charge in [0.05, 0.1) is 0 Å². The monoisotopic (exact) mass is 328 g/mol. The van der Waals surface area contributed by atoms with Crippen molar-refractivity contribution in [3.8, 4) is 5.75 Å². The molecule has 1 fully saturated rings. The maximum Gasteiger partial charge on any atom is 0.412 e. The van der Waals surface area contributed by atoms with Gasteiger partial charge in [-0.15, -0.1) is 0 Å². The van der Waals surface area contributed by atoms with Gasteiger partial charge in [-0.25, -0.2) is 4.79 Å². The first-order valence-electron chi connectivity index (χ1n) is 8.42. The van der Waals surface area contributed by atoms with E-state index in [0.29, 0.717) is 5.75 Å². The molecule has 3 rings (SSSR count). The zero-order valence-electron chi connectivity index (χ0n) is 14.3. The molecule has 0 bridgehead atoms. The second kappa shape index (κ2) is 7.59. The van der Waals surface area contributed by atoms with Gasteiger partial charge in [-0.3, -0.25) is 9.88 Å². The highest BCUT2D eigenvalue weighted by Crippen LogP contribution is 2.28. The number of hydrogen-bond donors (Lipinski definition) is 1. The number of nitrogens with zero attached hydrogens (tertiary/aromatic N) is 3. The Morgan fingerprint density at radius 1 is 1.21 bits per heavy atom. The van der Waals surface area contributed by atoms with Gasteiger partial charge in [-0.2, -0.15) is 0 Å². The third-order valence-electron chi connectivity index (χ3n) is 4.54. The van der Waals surface area contributed by atoms with Crippen molar-refractivity contribution in [2.24, 2.45) is 0 Å². The van der Waals surface area contributed by atoms with Crippen molar-refractivity contribution < 1.29 is 9.53 Å². The molecule has 0 atom stereocenters. The van der Waals surface area contributed by atoms with Crippen LogP contribution in [-0.2, 0) is 6.54 Å². The number of pyridine rings is 1. The van der Waals surface area contributed by atoms with E-state index < -0.39 is 6.09 Å². The Bertz CT molecular complexity index is 711. The molecule has 2 heterocycles. The number of nitrogens with one attached hydrogen (secondary N) is 1. The molecule has 1 aliphatic rings. The minimum Gasteiger partial charge on any atom is -0.408 e. The van der Waals surface area contributed by atoms with Gasteiger partial charge in [0.2, 0.25) is 0 Å². The molecule has 6 heteroatoms. The summed E-state index contributed by atoms with van der Waals surface area (Å²) in [6.07, 6.45) is 1.24. The molecule has 0 spiro atoms. The standard InChI is InChI=1S/C18H24N4O2/c1-3-21-9-11-22(12-10-21)13-14-6-7-16(24-18(23)19-2)17-15(14)5-4-8-20-17/h4-8H,3,9-13H2,1-2H3,(H,19,23). The number of carbonyl (C=O) groups excluding carboxylic acids is 1. The average Bonchev–Trinajstić information content (AvgIpc) is 2.64. The molecule has 2 aromatic rings. The van der Waals surface area contributed by atoms with Gasteiger partial charge in [0.15, 0.2) is 5.75 Å². The summed E-state index contributed by atoms with van der Waals surface area (Å²) in [5, 5.41) is 3.51. The van der Waals surface area contributed by atoms with Gasteiger partial charge in [0.1, 0.15) is 5.52 Å². The molecule has 1 aliphatic heterocycles. The lowest BCUT2D eigenvalue weighted by Crippen LogP contribution is -2.45. The van der Waals surface area contributed by atoms with Crippen molar-refractivity contribution >= 4 is 17.0 Å². The number of fused-ring (bicyclic) bond motifs is 1. The average molecular weight is 328 g/mol. The maximum absolute atomic E-state index is 11.5. The van der Waals surface area contributed by atoms with Crippen molar-refractivity contribution in [2.75, 3.05) is 39.8 Å². The second-order valence-electron chi connectivity index (χ2n) is 5.97. The van der Waals surface area contributed by atoms with E-state index in [1.807, 2.05) is 24.3 Å². The fourth-order valence-electron chi connectivity index (χ4n) is 3.08. The Kier molecular flexibility index (Phi) is 5.27. The van der Waals surface area contributed by atoms with E-state index in [4.69, 9.17) is 4.74 Å². The number of ether oxygens (including phenoxy) is 1. The molecule has 0 radical (unpaired) electrons. The minimum absolute atomic E-state index is 0.481. The molecule has 0 aliphatic carbocycles. The number of carbonyl (C=O) groups is 1. The third-order valence-corrected chi connectivity index (χ3v) is 4.54. The molecule has 1 aromatic carbocycles. The number of hydrogen-bond acceptors (Lipinski definition) is 5. The Morgan fingerprint density at radius 3 is 2.67 bits per heavy atom. The predicted octanol–water partition coefficient (Wildman–Crippen LogP) is 2.09. The molecule has 6 nitrogen and oxygen atoms in total. The van der Waals surface area contributed by atoms with Gasteiger partial charge in [-0.1, -0.05) is 19.1 Å². The Balaban J connectivity index is 1.82. The predicted molar refractivity (Wildman–Crippen MR) is 94.2 cm³/mol. The Morgan fingerprint density at radius 2 is 1.96 bits per heavy atom. The summed E-state index contributed by atoms with van der Waals surface area (Å²) in [6, 6.07) is 7.83. The van der Waals surface area contributed by atoms with E-state index in [2.05, 4.69) is 27.0 Å². The maximum atomic E-state index is 11.5. The van der Waals surface area contributed by atoms with E-state index in [-0.39, 0.29) is 0 Å². The highest BCUT2D eigenvalue weighted by atomic mass is 16.6. The van der Waals surface area contributed by atoms with Crippen LogP contribution in [0.5, 0.6) is 5.75 Å². The van der Waals surface area contributed by atoms with Gasteiger partial charge in [0, 0.05) is 51.4 Å². The Hall–Kier alpha value is -2.18. The molecule has 1 saturated heterocycles. The highest BCUT2D eigenvalue weighted by Gasteiger charge is 2.17. The van der Waals surface area contributed by atoms with E-state index in [0.717, 1.165) is 50.2 Å². The van der Waals surface area contributed by atoms with Crippen LogP contribution < -0.4 is 10.1 Å². The van der Waals surface area contributed by atoms with Crippen molar-refractivity contribution in [1.82, 2.24) is 20.1 Å². The molecule has 0 saturated carbocycles. The van der Waals surface area contributed by atoms with Gasteiger partial charge in [-0.05, 0) is 24.2 Å². The van der Waals surface area contributed by atoms with Crippen molar-refractivity contribution in [1.29, 1.82) is 0 Å². The SMILES string of the molecule is CCN1CCN(Cc2ccc(OC(=O)NC)c3ncccc23)CC1. The normalized spacial score (nSPS) is 16.2. The fourth-order valence-corrected chi connectivity index (χ4v) is 3.08. The summed E-state index contributed by atoms with van der Waals surface area (Å²) in [7, 11) is 1.54. The van der Waals surface area contributed by atoms with E-state index in [9.17, 15) is 4.79 Å². The molecule has 1 amide bonds. The number of piperazine rings is 1. The smallest absolute Gasteiger partial charge is 0.408 e. The summed E-state index contributed by atoms with van der Waals surface area (Å²) in [6.45, 7) is 8.60. The number of rotatable bonds is 4. The lowest BCUT2D eigenvalue weighted by atomic mass is 10.1. The van der Waals surface area contributed by atoms with Crippen molar-refractivity contribution in [3.63, 3.8) is 0 Å². The Labute approximate surface area is 142 Å². The summed E-state index contributed by atoms with van der Waals surface area (Å²) in [5.74, 6) is 0.490. The van der Waals surface area contributed by atoms with Gasteiger partial charge in [0.25, 0.3) is 0 Å². The van der Waals surface area contributed by atoms with Crippen LogP contribution in [0.15, 0.2) is 30.5 Å². The molecule has 1 aromatic heterocycles. The molecule has 0 unspecified atom stereocenters. The first-order chi connectivity index (χ1) is 11.7. The summed E-state index contributed by atoms with van der Waals surface area (Å²) >= 11 is 0. The minimum atomic E-state index is -0.481. The fraction of sp³-hybridized carbons (Fsp3) is 0.444. The summed E-state index contributed by atoms with van der Waals surface area (Å²) in [4.78, 5) is 20.9. The van der Waals surface area contributed by atoms with Crippen LogP contribution in [-0.4, -0.2) is 60.6 Å². The molecule has 1 N–H and O–H groups in total. The van der Waals surface area contributed by atoms with Gasteiger partial charge >= 0.3 is 6.09 Å². The number of amides is 1. The van der Waals surface area contributed by atoms with Crippen LogP contribution in [0.1, 0.15) is 12.5 Å². The lowest BCUT2D eigenvalue weighted by molar-refractivity contribution is 0.132. The topological polar surface area (TPSA) is 57.7 Å². The lowest BCUT2D eigenvalue weighted by Gasteiger charge is -2.34. The van der Waals surface area contributed by atoms with Gasteiger partial charge < -0.3 is 15.0 Å². The zero-order valence-corrected chi connectivity index (χ0v) is 14.3. The van der Waals surface area contributed by atoms with Crippen LogP contribution in [0.4, 0.5) is 4.79 Å². The summed E-state index contributed by atoms with van der Waals surface area (Å²) < 4.78 is 5.32. The number of likely N-dealkylation sites (N-methyl/N-ethyl adjacent to an activating group) is 1. The van der Waals surface area contributed by atoms with Crippen LogP contribution in [0.3, 0.4) is 0 Å². The molecule has 128 valence electrons. The highest BCUT2D eigenvalue weighted by molar-refractivity contribution is 5.89.